The number of amides is 1. The molecule has 4 rings (SSSR count). The Balaban J connectivity index is 1.60. The van der Waals surface area contributed by atoms with E-state index in [1.54, 1.807) is 0 Å². The second-order valence-corrected chi connectivity index (χ2v) is 7.89. The first-order chi connectivity index (χ1) is 14.6. The number of pyridine rings is 1. The molecule has 5 heteroatoms. The molecule has 0 aliphatic carbocycles. The fourth-order valence-electron chi connectivity index (χ4n) is 4.13. The minimum Gasteiger partial charge on any atom is -0.367 e. The molecule has 1 saturated heterocycles. The van der Waals surface area contributed by atoms with Gasteiger partial charge in [0.1, 0.15) is 0 Å². The molecule has 0 bridgehead atoms. The number of hydrogen-bond donors (Lipinski definition) is 1. The average Bonchev–Trinajstić information content (AvgIpc) is 2.75. The van der Waals surface area contributed by atoms with Crippen molar-refractivity contribution in [3.05, 3.63) is 89.7 Å². The number of nitrogens with two attached hydrogens (primary N) is 1. The number of aryl methyl sites for hydroxylation is 1. The van der Waals surface area contributed by atoms with Gasteiger partial charge in [0.25, 0.3) is 5.91 Å². The van der Waals surface area contributed by atoms with Crippen LogP contribution in [-0.4, -0.2) is 41.1 Å². The van der Waals surface area contributed by atoms with Crippen molar-refractivity contribution >= 4 is 5.91 Å². The summed E-state index contributed by atoms with van der Waals surface area (Å²) in [6.07, 6.45) is 0.436. The van der Waals surface area contributed by atoms with Gasteiger partial charge in [-0.2, -0.15) is 0 Å². The van der Waals surface area contributed by atoms with Crippen molar-refractivity contribution in [1.29, 1.82) is 0 Å². The maximum atomic E-state index is 12.6. The lowest BCUT2D eigenvalue weighted by molar-refractivity contribution is -0.157. The lowest BCUT2D eigenvalue weighted by atomic mass is 9.87. The Bertz CT molecular complexity index is 1020. The summed E-state index contributed by atoms with van der Waals surface area (Å²) in [6, 6.07) is 24.3. The molecular formula is C25H27N3O2. The minimum atomic E-state index is -1.06. The van der Waals surface area contributed by atoms with Crippen molar-refractivity contribution in [2.45, 2.75) is 25.5 Å². The summed E-state index contributed by atoms with van der Waals surface area (Å²) in [5.41, 5.74) is 10.1. The smallest absolute Gasteiger partial charge is 0.251 e. The SMILES string of the molecule is Cc1cccc(CN2CCO[C@](Cc3ccccc3-c3ccccc3)(C(N)=O)C2)n1. The van der Waals surface area contributed by atoms with Gasteiger partial charge in [-0.05, 0) is 35.7 Å². The van der Waals surface area contributed by atoms with Gasteiger partial charge in [-0.25, -0.2) is 0 Å². The van der Waals surface area contributed by atoms with E-state index in [1.165, 1.54) is 0 Å². The van der Waals surface area contributed by atoms with E-state index in [4.69, 9.17) is 10.5 Å². The molecule has 0 radical (unpaired) electrons. The Hall–Kier alpha value is -3.02. The van der Waals surface area contributed by atoms with Gasteiger partial charge in [0.2, 0.25) is 0 Å². The Kier molecular flexibility index (Phi) is 5.93. The summed E-state index contributed by atoms with van der Waals surface area (Å²) in [5.74, 6) is -0.424. The van der Waals surface area contributed by atoms with Crippen LogP contribution in [0.5, 0.6) is 0 Å². The minimum absolute atomic E-state index is 0.424. The van der Waals surface area contributed by atoms with Crippen molar-refractivity contribution in [2.24, 2.45) is 5.73 Å². The Morgan fingerprint density at radius 2 is 1.83 bits per heavy atom. The average molecular weight is 402 g/mol. The number of hydrogen-bond acceptors (Lipinski definition) is 4. The van der Waals surface area contributed by atoms with Gasteiger partial charge in [-0.1, -0.05) is 60.7 Å². The van der Waals surface area contributed by atoms with Crippen LogP contribution in [0.4, 0.5) is 0 Å². The molecule has 2 heterocycles. The molecule has 1 atom stereocenters. The van der Waals surface area contributed by atoms with Crippen LogP contribution in [0.25, 0.3) is 11.1 Å². The Labute approximate surface area is 177 Å². The molecule has 0 unspecified atom stereocenters. The predicted octanol–water partition coefficient (Wildman–Crippen LogP) is 3.36. The molecule has 1 fully saturated rings. The third-order valence-electron chi connectivity index (χ3n) is 5.62. The number of nitrogens with zero attached hydrogens (tertiary/aromatic N) is 2. The Morgan fingerprint density at radius 1 is 1.07 bits per heavy atom. The highest BCUT2D eigenvalue weighted by molar-refractivity contribution is 5.85. The molecule has 5 nitrogen and oxygen atoms in total. The summed E-state index contributed by atoms with van der Waals surface area (Å²) in [6.45, 7) is 4.30. The van der Waals surface area contributed by atoms with Gasteiger partial charge in [0.05, 0.1) is 12.3 Å². The zero-order valence-electron chi connectivity index (χ0n) is 17.3. The van der Waals surface area contributed by atoms with E-state index >= 15 is 0 Å². The summed E-state index contributed by atoms with van der Waals surface area (Å²) in [7, 11) is 0. The number of benzene rings is 2. The lowest BCUT2D eigenvalue weighted by Crippen LogP contribution is -2.59. The molecular weight excluding hydrogens is 374 g/mol. The van der Waals surface area contributed by atoms with Gasteiger partial charge in [0, 0.05) is 31.7 Å². The maximum absolute atomic E-state index is 12.6. The van der Waals surface area contributed by atoms with Crippen molar-refractivity contribution in [2.75, 3.05) is 19.7 Å². The number of carbonyl (C=O) groups excluding carboxylic acids is 1. The van der Waals surface area contributed by atoms with Crippen molar-refractivity contribution < 1.29 is 9.53 Å². The summed E-state index contributed by atoms with van der Waals surface area (Å²) in [4.78, 5) is 19.4. The first-order valence-electron chi connectivity index (χ1n) is 10.3. The number of aromatic nitrogens is 1. The summed E-state index contributed by atoms with van der Waals surface area (Å²) in [5, 5.41) is 0. The molecule has 30 heavy (non-hydrogen) atoms. The van der Waals surface area contributed by atoms with Crippen LogP contribution in [-0.2, 0) is 22.5 Å². The van der Waals surface area contributed by atoms with Crippen LogP contribution in [0.3, 0.4) is 0 Å². The van der Waals surface area contributed by atoms with Crippen LogP contribution in [0.1, 0.15) is 17.0 Å². The topological polar surface area (TPSA) is 68.5 Å². The van der Waals surface area contributed by atoms with E-state index in [1.807, 2.05) is 55.5 Å². The number of morpholine rings is 1. The van der Waals surface area contributed by atoms with E-state index in [2.05, 4.69) is 34.1 Å². The highest BCUT2D eigenvalue weighted by Gasteiger charge is 2.43. The van der Waals surface area contributed by atoms with Gasteiger partial charge in [-0.3, -0.25) is 14.7 Å². The first kappa shape index (κ1) is 20.3. The number of carbonyl (C=O) groups is 1. The second kappa shape index (κ2) is 8.78. The zero-order valence-corrected chi connectivity index (χ0v) is 17.3. The predicted molar refractivity (Wildman–Crippen MR) is 118 cm³/mol. The largest absolute Gasteiger partial charge is 0.367 e. The number of rotatable bonds is 6. The van der Waals surface area contributed by atoms with Crippen LogP contribution in [0.15, 0.2) is 72.8 Å². The fraction of sp³-hybridized carbons (Fsp3) is 0.280. The van der Waals surface area contributed by atoms with E-state index in [0.717, 1.165) is 34.6 Å². The molecule has 1 aliphatic rings. The molecule has 0 saturated carbocycles. The molecule has 1 aliphatic heterocycles. The highest BCUT2D eigenvalue weighted by Crippen LogP contribution is 2.30. The lowest BCUT2D eigenvalue weighted by Gasteiger charge is -2.41. The molecule has 2 N–H and O–H groups in total. The quantitative estimate of drug-likeness (QED) is 0.688. The van der Waals surface area contributed by atoms with E-state index < -0.39 is 11.5 Å². The van der Waals surface area contributed by atoms with Gasteiger partial charge >= 0.3 is 0 Å². The van der Waals surface area contributed by atoms with E-state index in [-0.39, 0.29) is 0 Å². The van der Waals surface area contributed by atoms with Crippen molar-refractivity contribution in [3.63, 3.8) is 0 Å². The van der Waals surface area contributed by atoms with Crippen LogP contribution in [0.2, 0.25) is 0 Å². The molecule has 1 aromatic heterocycles. The number of ether oxygens (including phenoxy) is 1. The molecule has 3 aromatic rings. The third-order valence-corrected chi connectivity index (χ3v) is 5.62. The monoisotopic (exact) mass is 401 g/mol. The second-order valence-electron chi connectivity index (χ2n) is 7.89. The summed E-state index contributed by atoms with van der Waals surface area (Å²) < 4.78 is 6.08. The third kappa shape index (κ3) is 4.42. The van der Waals surface area contributed by atoms with Crippen LogP contribution in [0, 0.1) is 6.92 Å². The molecule has 2 aromatic carbocycles. The first-order valence-corrected chi connectivity index (χ1v) is 10.3. The van der Waals surface area contributed by atoms with E-state index in [0.29, 0.717) is 26.1 Å². The molecule has 154 valence electrons. The fourth-order valence-corrected chi connectivity index (χ4v) is 4.13. The van der Waals surface area contributed by atoms with Crippen LogP contribution >= 0.6 is 0 Å². The Morgan fingerprint density at radius 3 is 2.60 bits per heavy atom. The number of primary amides is 1. The molecule has 1 amide bonds. The van der Waals surface area contributed by atoms with E-state index in [9.17, 15) is 4.79 Å². The standard InChI is InChI=1S/C25H27N3O2/c1-19-8-7-12-22(27-19)17-28-14-15-30-25(18-28,24(26)29)16-21-11-5-6-13-23(21)20-9-3-2-4-10-20/h2-13H,14-18H2,1H3,(H2,26,29)/t25-/m0/s1. The highest BCUT2D eigenvalue weighted by atomic mass is 16.5. The normalized spacial score (nSPS) is 19.5. The van der Waals surface area contributed by atoms with Crippen molar-refractivity contribution in [3.8, 4) is 11.1 Å². The summed E-state index contributed by atoms with van der Waals surface area (Å²) >= 11 is 0. The van der Waals surface area contributed by atoms with Gasteiger partial charge in [0.15, 0.2) is 5.60 Å². The van der Waals surface area contributed by atoms with Gasteiger partial charge < -0.3 is 10.5 Å². The van der Waals surface area contributed by atoms with Gasteiger partial charge in [-0.15, -0.1) is 0 Å². The molecule has 0 spiro atoms. The maximum Gasteiger partial charge on any atom is 0.251 e. The van der Waals surface area contributed by atoms with Crippen LogP contribution < -0.4 is 5.73 Å². The zero-order chi connectivity index (χ0) is 21.0. The van der Waals surface area contributed by atoms with Crippen molar-refractivity contribution in [1.82, 2.24) is 9.88 Å².